The first-order chi connectivity index (χ1) is 22.5. The number of hydrogen-bond donors (Lipinski definition) is 0. The van der Waals surface area contributed by atoms with Crippen LogP contribution in [0.2, 0.25) is 0 Å². The van der Waals surface area contributed by atoms with Gasteiger partial charge in [-0.05, 0) is 99.8 Å². The fourth-order valence-electron chi connectivity index (χ4n) is 7.74. The van der Waals surface area contributed by atoms with E-state index in [9.17, 15) is 0 Å². The molecule has 9 aromatic rings. The van der Waals surface area contributed by atoms with Crippen molar-refractivity contribution in [3.8, 4) is 11.1 Å². The molecule has 3 heteroatoms. The first-order valence-electron chi connectivity index (χ1n) is 15.8. The summed E-state index contributed by atoms with van der Waals surface area (Å²) in [6, 6.07) is 51.1. The van der Waals surface area contributed by atoms with Crippen molar-refractivity contribution in [2.45, 2.75) is 19.3 Å². The standard InChI is InChI=1S/C43H29NOS/c1-43(2)37-13-7-5-11-31(37)33-23-28(15-18-38(33)43)44(30-17-20-42-36(25-30)32-12-6-8-14-41(32)46-42)29-16-19-39-35(24-29)34-21-26-9-3-4-10-27(26)22-40(34)45-39/h3-25H,1-2H3. The Morgan fingerprint density at radius 3 is 2.00 bits per heavy atom. The normalized spacial score (nSPS) is 13.6. The summed E-state index contributed by atoms with van der Waals surface area (Å²) in [7, 11) is 0. The van der Waals surface area contributed by atoms with E-state index in [0.717, 1.165) is 39.0 Å². The molecule has 10 rings (SSSR count). The highest BCUT2D eigenvalue weighted by Gasteiger charge is 2.35. The summed E-state index contributed by atoms with van der Waals surface area (Å²) in [6.07, 6.45) is 0. The molecule has 2 aromatic heterocycles. The number of fused-ring (bicyclic) bond motifs is 10. The third kappa shape index (κ3) is 3.64. The summed E-state index contributed by atoms with van der Waals surface area (Å²) in [5.74, 6) is 0. The number of furan rings is 1. The molecule has 0 atom stereocenters. The Bertz CT molecular complexity index is 2690. The highest BCUT2D eigenvalue weighted by atomic mass is 32.1. The summed E-state index contributed by atoms with van der Waals surface area (Å²) in [5, 5.41) is 7.26. The number of benzene rings is 7. The van der Waals surface area contributed by atoms with Crippen LogP contribution in [0.4, 0.5) is 17.1 Å². The zero-order valence-electron chi connectivity index (χ0n) is 25.5. The summed E-state index contributed by atoms with van der Waals surface area (Å²) < 4.78 is 9.03. The molecule has 0 fully saturated rings. The van der Waals surface area contributed by atoms with Crippen molar-refractivity contribution in [2.75, 3.05) is 4.90 Å². The predicted octanol–water partition coefficient (Wildman–Crippen LogP) is 12.9. The minimum Gasteiger partial charge on any atom is -0.456 e. The van der Waals surface area contributed by atoms with E-state index in [2.05, 4.69) is 158 Å². The quantitative estimate of drug-likeness (QED) is 0.199. The summed E-state index contributed by atoms with van der Waals surface area (Å²) >= 11 is 1.86. The lowest BCUT2D eigenvalue weighted by atomic mass is 9.82. The molecule has 0 spiro atoms. The molecular formula is C43H29NOS. The molecule has 1 aliphatic carbocycles. The number of anilines is 3. The van der Waals surface area contributed by atoms with Crippen LogP contribution < -0.4 is 4.90 Å². The van der Waals surface area contributed by atoms with Gasteiger partial charge in [0.15, 0.2) is 0 Å². The second kappa shape index (κ2) is 9.32. The van der Waals surface area contributed by atoms with Crippen LogP contribution in [0.25, 0.3) is 64.0 Å². The zero-order chi connectivity index (χ0) is 30.6. The smallest absolute Gasteiger partial charge is 0.136 e. The molecule has 0 radical (unpaired) electrons. The van der Waals surface area contributed by atoms with Crippen LogP contribution in [0, 0.1) is 0 Å². The lowest BCUT2D eigenvalue weighted by Crippen LogP contribution is -2.15. The topological polar surface area (TPSA) is 16.4 Å². The molecule has 218 valence electrons. The van der Waals surface area contributed by atoms with Gasteiger partial charge in [-0.25, -0.2) is 0 Å². The van der Waals surface area contributed by atoms with E-state index in [0.29, 0.717) is 0 Å². The van der Waals surface area contributed by atoms with Gasteiger partial charge in [0, 0.05) is 53.4 Å². The molecule has 0 amide bonds. The van der Waals surface area contributed by atoms with Gasteiger partial charge in [-0.1, -0.05) is 86.6 Å². The molecule has 0 unspecified atom stereocenters. The first-order valence-corrected chi connectivity index (χ1v) is 16.7. The third-order valence-electron chi connectivity index (χ3n) is 10.0. The van der Waals surface area contributed by atoms with Crippen LogP contribution in [0.15, 0.2) is 144 Å². The number of rotatable bonds is 3. The maximum absolute atomic E-state index is 6.41. The highest BCUT2D eigenvalue weighted by molar-refractivity contribution is 7.25. The Morgan fingerprint density at radius 1 is 0.478 bits per heavy atom. The van der Waals surface area contributed by atoms with Gasteiger partial charge in [-0.15, -0.1) is 11.3 Å². The number of nitrogens with zero attached hydrogens (tertiary/aromatic N) is 1. The molecule has 0 saturated carbocycles. The fourth-order valence-corrected chi connectivity index (χ4v) is 8.82. The summed E-state index contributed by atoms with van der Waals surface area (Å²) in [5.41, 5.74) is 10.6. The Balaban J connectivity index is 1.23. The molecular weight excluding hydrogens is 579 g/mol. The van der Waals surface area contributed by atoms with Gasteiger partial charge in [0.05, 0.1) is 0 Å². The molecule has 46 heavy (non-hydrogen) atoms. The molecule has 0 bridgehead atoms. The van der Waals surface area contributed by atoms with Gasteiger partial charge in [-0.2, -0.15) is 0 Å². The van der Waals surface area contributed by atoms with E-state index in [4.69, 9.17) is 4.42 Å². The number of hydrogen-bond acceptors (Lipinski definition) is 3. The second-order valence-electron chi connectivity index (χ2n) is 13.0. The van der Waals surface area contributed by atoms with Gasteiger partial charge in [-0.3, -0.25) is 0 Å². The van der Waals surface area contributed by atoms with E-state index in [1.165, 1.54) is 53.2 Å². The van der Waals surface area contributed by atoms with Gasteiger partial charge in [0.25, 0.3) is 0 Å². The summed E-state index contributed by atoms with van der Waals surface area (Å²) in [4.78, 5) is 2.42. The summed E-state index contributed by atoms with van der Waals surface area (Å²) in [6.45, 7) is 4.68. The van der Waals surface area contributed by atoms with Crippen LogP contribution in [-0.4, -0.2) is 0 Å². The van der Waals surface area contributed by atoms with E-state index in [1.54, 1.807) is 0 Å². The number of thiophene rings is 1. The van der Waals surface area contributed by atoms with Gasteiger partial charge < -0.3 is 9.32 Å². The van der Waals surface area contributed by atoms with E-state index in [-0.39, 0.29) is 5.41 Å². The first kappa shape index (κ1) is 25.9. The lowest BCUT2D eigenvalue weighted by molar-refractivity contribution is 0.660. The molecule has 7 aromatic carbocycles. The van der Waals surface area contributed by atoms with Crippen LogP contribution in [-0.2, 0) is 5.41 Å². The van der Waals surface area contributed by atoms with Crippen molar-refractivity contribution in [3.05, 3.63) is 151 Å². The van der Waals surface area contributed by atoms with Crippen LogP contribution in [0.1, 0.15) is 25.0 Å². The van der Waals surface area contributed by atoms with Crippen molar-refractivity contribution in [2.24, 2.45) is 0 Å². The van der Waals surface area contributed by atoms with Crippen molar-refractivity contribution >= 4 is 81.3 Å². The minimum absolute atomic E-state index is 0.0405. The minimum atomic E-state index is -0.0405. The second-order valence-corrected chi connectivity index (χ2v) is 14.1. The Morgan fingerprint density at radius 2 is 1.11 bits per heavy atom. The molecule has 1 aliphatic rings. The Labute approximate surface area is 270 Å². The molecule has 0 aliphatic heterocycles. The van der Waals surface area contributed by atoms with Crippen LogP contribution in [0.5, 0.6) is 0 Å². The van der Waals surface area contributed by atoms with Crippen molar-refractivity contribution in [3.63, 3.8) is 0 Å². The Hall–Kier alpha value is -5.38. The highest BCUT2D eigenvalue weighted by Crippen LogP contribution is 2.51. The monoisotopic (exact) mass is 607 g/mol. The largest absolute Gasteiger partial charge is 0.456 e. The fraction of sp³-hybridized carbons (Fsp3) is 0.0698. The van der Waals surface area contributed by atoms with Gasteiger partial charge in [0.2, 0.25) is 0 Å². The average Bonchev–Trinajstić information content (AvgIpc) is 3.71. The Kier molecular flexibility index (Phi) is 5.25. The average molecular weight is 608 g/mol. The SMILES string of the molecule is CC1(C)c2ccccc2-c2cc(N(c3ccc4oc5cc6ccccc6cc5c4c3)c3ccc4sc5ccccc5c4c3)ccc21. The lowest BCUT2D eigenvalue weighted by Gasteiger charge is -2.27. The molecule has 0 saturated heterocycles. The molecule has 2 nitrogen and oxygen atoms in total. The predicted molar refractivity (Wildman–Crippen MR) is 196 cm³/mol. The van der Waals surface area contributed by atoms with E-state index < -0.39 is 0 Å². The van der Waals surface area contributed by atoms with Crippen LogP contribution in [0.3, 0.4) is 0 Å². The molecule has 0 N–H and O–H groups in total. The van der Waals surface area contributed by atoms with E-state index >= 15 is 0 Å². The molecule has 2 heterocycles. The zero-order valence-corrected chi connectivity index (χ0v) is 26.4. The maximum atomic E-state index is 6.41. The van der Waals surface area contributed by atoms with Crippen molar-refractivity contribution in [1.29, 1.82) is 0 Å². The van der Waals surface area contributed by atoms with Gasteiger partial charge in [0.1, 0.15) is 11.2 Å². The third-order valence-corrected chi connectivity index (χ3v) is 11.2. The van der Waals surface area contributed by atoms with E-state index in [1.807, 2.05) is 11.3 Å². The van der Waals surface area contributed by atoms with Crippen molar-refractivity contribution in [1.82, 2.24) is 0 Å². The maximum Gasteiger partial charge on any atom is 0.136 e. The van der Waals surface area contributed by atoms with Crippen LogP contribution >= 0.6 is 11.3 Å². The van der Waals surface area contributed by atoms with Crippen molar-refractivity contribution < 1.29 is 4.42 Å². The van der Waals surface area contributed by atoms with Gasteiger partial charge >= 0.3 is 0 Å².